The lowest BCUT2D eigenvalue weighted by atomic mass is 10.3. The number of aromatic nitrogens is 3. The molecule has 2 aromatic heterocycles. The van der Waals surface area contributed by atoms with Crippen LogP contribution in [0.15, 0.2) is 23.8 Å². The van der Waals surface area contributed by atoms with Gasteiger partial charge in [0, 0.05) is 31.4 Å². The SMILES string of the molecule is CN(CCn1cccn1)C(=O)Nc1nc(CC(F)(F)F)cs1. The molecule has 6 nitrogen and oxygen atoms in total. The number of anilines is 1. The molecule has 0 aliphatic heterocycles. The summed E-state index contributed by atoms with van der Waals surface area (Å²) in [4.78, 5) is 17.1. The fourth-order valence-corrected chi connectivity index (χ4v) is 2.32. The number of alkyl halides is 3. The van der Waals surface area contributed by atoms with Crippen LogP contribution in [0.1, 0.15) is 5.69 Å². The Morgan fingerprint density at radius 2 is 2.27 bits per heavy atom. The van der Waals surface area contributed by atoms with Crippen LogP contribution in [0, 0.1) is 0 Å². The first-order valence-electron chi connectivity index (χ1n) is 6.34. The quantitative estimate of drug-likeness (QED) is 0.915. The first-order valence-corrected chi connectivity index (χ1v) is 7.22. The summed E-state index contributed by atoms with van der Waals surface area (Å²) in [7, 11) is 1.59. The Hall–Kier alpha value is -2.10. The molecule has 1 N–H and O–H groups in total. The summed E-state index contributed by atoms with van der Waals surface area (Å²) >= 11 is 0.965. The van der Waals surface area contributed by atoms with Crippen molar-refractivity contribution in [1.29, 1.82) is 0 Å². The molecule has 0 atom stereocenters. The van der Waals surface area contributed by atoms with E-state index in [0.717, 1.165) is 11.3 Å². The highest BCUT2D eigenvalue weighted by atomic mass is 32.1. The fraction of sp³-hybridized carbons (Fsp3) is 0.417. The molecule has 0 spiro atoms. The number of thiazole rings is 1. The molecule has 0 unspecified atom stereocenters. The van der Waals surface area contributed by atoms with Crippen LogP contribution in [0.2, 0.25) is 0 Å². The minimum atomic E-state index is -4.31. The number of nitrogens with zero attached hydrogens (tertiary/aromatic N) is 4. The van der Waals surface area contributed by atoms with E-state index in [1.807, 2.05) is 0 Å². The smallest absolute Gasteiger partial charge is 0.326 e. The Bertz CT molecular complexity index is 611. The first-order chi connectivity index (χ1) is 10.3. The lowest BCUT2D eigenvalue weighted by Crippen LogP contribution is -2.34. The van der Waals surface area contributed by atoms with E-state index < -0.39 is 18.6 Å². The maximum atomic E-state index is 12.2. The summed E-state index contributed by atoms with van der Waals surface area (Å²) in [6.45, 7) is 0.933. The van der Waals surface area contributed by atoms with Crippen LogP contribution in [0.4, 0.5) is 23.1 Å². The lowest BCUT2D eigenvalue weighted by molar-refractivity contribution is -0.127. The van der Waals surface area contributed by atoms with E-state index in [4.69, 9.17) is 0 Å². The molecular formula is C12H14F3N5OS. The number of amides is 2. The Morgan fingerprint density at radius 3 is 2.91 bits per heavy atom. The number of halogens is 3. The van der Waals surface area contributed by atoms with Gasteiger partial charge in [0.2, 0.25) is 0 Å². The fourth-order valence-electron chi connectivity index (χ4n) is 1.62. The van der Waals surface area contributed by atoms with Crippen LogP contribution in [0.5, 0.6) is 0 Å². The predicted molar refractivity (Wildman–Crippen MR) is 75.7 cm³/mol. The van der Waals surface area contributed by atoms with E-state index in [1.165, 1.54) is 10.3 Å². The van der Waals surface area contributed by atoms with Crippen molar-refractivity contribution < 1.29 is 18.0 Å². The number of rotatable bonds is 5. The van der Waals surface area contributed by atoms with Crippen molar-refractivity contribution in [2.45, 2.75) is 19.1 Å². The number of likely N-dealkylation sites (N-methyl/N-ethyl adjacent to an activating group) is 1. The van der Waals surface area contributed by atoms with Crippen molar-refractivity contribution >= 4 is 22.5 Å². The third-order valence-electron chi connectivity index (χ3n) is 2.72. The van der Waals surface area contributed by atoms with E-state index in [2.05, 4.69) is 15.4 Å². The van der Waals surface area contributed by atoms with Crippen LogP contribution in [0.3, 0.4) is 0 Å². The Labute approximate surface area is 128 Å². The van der Waals surface area contributed by atoms with Crippen LogP contribution in [-0.2, 0) is 13.0 Å². The standard InChI is InChI=1S/C12H14F3N5OS/c1-19(5-6-20-4-2-3-16-20)11(21)18-10-17-9(8-22-10)7-12(13,14)15/h2-4,8H,5-7H2,1H3,(H,17,18,21). The molecule has 0 aliphatic rings. The van der Waals surface area contributed by atoms with Gasteiger partial charge in [0.1, 0.15) is 0 Å². The van der Waals surface area contributed by atoms with Crippen molar-refractivity contribution in [2.24, 2.45) is 0 Å². The number of nitrogens with one attached hydrogen (secondary N) is 1. The summed E-state index contributed by atoms with van der Waals surface area (Å²) in [5.74, 6) is 0. The molecule has 10 heteroatoms. The van der Waals surface area contributed by atoms with Crippen molar-refractivity contribution in [3.63, 3.8) is 0 Å². The van der Waals surface area contributed by atoms with E-state index in [-0.39, 0.29) is 10.8 Å². The molecule has 2 aromatic rings. The molecular weight excluding hydrogens is 319 g/mol. The minimum Gasteiger partial charge on any atom is -0.326 e. The van der Waals surface area contributed by atoms with E-state index in [9.17, 15) is 18.0 Å². The zero-order valence-corrected chi connectivity index (χ0v) is 12.5. The molecule has 0 aromatic carbocycles. The molecule has 0 bridgehead atoms. The van der Waals surface area contributed by atoms with Gasteiger partial charge in [0.25, 0.3) is 0 Å². The summed E-state index contributed by atoms with van der Waals surface area (Å²) in [6, 6.07) is 1.35. The average molecular weight is 333 g/mol. The Kier molecular flexibility index (Phi) is 5.01. The normalized spacial score (nSPS) is 11.5. The van der Waals surface area contributed by atoms with Crippen LogP contribution >= 0.6 is 11.3 Å². The molecule has 120 valence electrons. The molecule has 0 fully saturated rings. The van der Waals surface area contributed by atoms with Gasteiger partial charge < -0.3 is 4.90 Å². The van der Waals surface area contributed by atoms with Crippen molar-refractivity contribution in [3.05, 3.63) is 29.5 Å². The number of carbonyl (C=O) groups excluding carboxylic acids is 1. The second-order valence-electron chi connectivity index (χ2n) is 4.56. The summed E-state index contributed by atoms with van der Waals surface area (Å²) in [5, 5.41) is 7.92. The number of urea groups is 1. The maximum absolute atomic E-state index is 12.2. The third kappa shape index (κ3) is 5.02. The zero-order valence-electron chi connectivity index (χ0n) is 11.7. The molecule has 0 radical (unpaired) electrons. The van der Waals surface area contributed by atoms with Gasteiger partial charge in [0.05, 0.1) is 18.7 Å². The van der Waals surface area contributed by atoms with Crippen LogP contribution < -0.4 is 5.32 Å². The van der Waals surface area contributed by atoms with Gasteiger partial charge in [-0.1, -0.05) is 0 Å². The van der Waals surface area contributed by atoms with E-state index in [0.29, 0.717) is 13.1 Å². The first kappa shape index (κ1) is 16.3. The molecule has 2 amide bonds. The van der Waals surface area contributed by atoms with Gasteiger partial charge in [-0.15, -0.1) is 11.3 Å². The van der Waals surface area contributed by atoms with Crippen molar-refractivity contribution in [2.75, 3.05) is 18.9 Å². The second-order valence-corrected chi connectivity index (χ2v) is 5.41. The van der Waals surface area contributed by atoms with Gasteiger partial charge in [0.15, 0.2) is 5.13 Å². The second kappa shape index (κ2) is 6.77. The van der Waals surface area contributed by atoms with E-state index >= 15 is 0 Å². The Balaban J connectivity index is 1.83. The minimum absolute atomic E-state index is 0.105. The van der Waals surface area contributed by atoms with Crippen molar-refractivity contribution in [1.82, 2.24) is 19.7 Å². The summed E-state index contributed by atoms with van der Waals surface area (Å²) in [5.41, 5.74) is -0.105. The zero-order chi connectivity index (χ0) is 16.2. The number of hydrogen-bond donors (Lipinski definition) is 1. The lowest BCUT2D eigenvalue weighted by Gasteiger charge is -2.16. The van der Waals surface area contributed by atoms with Crippen LogP contribution in [-0.4, -0.2) is 45.5 Å². The highest BCUT2D eigenvalue weighted by molar-refractivity contribution is 7.13. The monoisotopic (exact) mass is 333 g/mol. The predicted octanol–water partition coefficient (Wildman–Crippen LogP) is 2.61. The molecule has 22 heavy (non-hydrogen) atoms. The molecule has 2 heterocycles. The average Bonchev–Trinajstić information content (AvgIpc) is 3.06. The number of hydrogen-bond acceptors (Lipinski definition) is 4. The van der Waals surface area contributed by atoms with Gasteiger partial charge in [-0.25, -0.2) is 9.78 Å². The van der Waals surface area contributed by atoms with Gasteiger partial charge in [-0.05, 0) is 6.07 Å². The molecule has 0 saturated heterocycles. The topological polar surface area (TPSA) is 63.1 Å². The number of carbonyl (C=O) groups is 1. The van der Waals surface area contributed by atoms with Gasteiger partial charge in [-0.3, -0.25) is 10.00 Å². The Morgan fingerprint density at radius 1 is 1.50 bits per heavy atom. The molecule has 0 saturated carbocycles. The van der Waals surface area contributed by atoms with Gasteiger partial charge >= 0.3 is 12.2 Å². The van der Waals surface area contributed by atoms with Crippen LogP contribution in [0.25, 0.3) is 0 Å². The maximum Gasteiger partial charge on any atom is 0.394 e. The van der Waals surface area contributed by atoms with E-state index in [1.54, 1.807) is 30.2 Å². The van der Waals surface area contributed by atoms with Gasteiger partial charge in [-0.2, -0.15) is 18.3 Å². The summed E-state index contributed by atoms with van der Waals surface area (Å²) < 4.78 is 38.4. The highest BCUT2D eigenvalue weighted by Gasteiger charge is 2.29. The highest BCUT2D eigenvalue weighted by Crippen LogP contribution is 2.24. The molecule has 2 rings (SSSR count). The third-order valence-corrected chi connectivity index (χ3v) is 3.52. The largest absolute Gasteiger partial charge is 0.394 e. The molecule has 0 aliphatic carbocycles. The van der Waals surface area contributed by atoms with Crippen molar-refractivity contribution in [3.8, 4) is 0 Å². The summed E-state index contributed by atoms with van der Waals surface area (Å²) in [6.07, 6.45) is -2.00.